The minimum atomic E-state index is 0.790. The van der Waals surface area contributed by atoms with E-state index >= 15 is 0 Å². The third kappa shape index (κ3) is 6.05. The lowest BCUT2D eigenvalue weighted by molar-refractivity contribution is 0.0366. The third-order valence-corrected chi connectivity index (χ3v) is 1.66. The first-order chi connectivity index (χ1) is 4.81. The molecule has 0 bridgehead atoms. The first kappa shape index (κ1) is 9.92. The molecule has 2 nitrogen and oxygen atoms in total. The predicted octanol–water partition coefficient (Wildman–Crippen LogP) is 1.96. The van der Waals surface area contributed by atoms with Gasteiger partial charge in [-0.1, -0.05) is 27.2 Å². The summed E-state index contributed by atoms with van der Waals surface area (Å²) >= 11 is 0. The van der Waals surface area contributed by atoms with Crippen LogP contribution in [0, 0.1) is 5.92 Å². The van der Waals surface area contributed by atoms with E-state index in [4.69, 9.17) is 4.84 Å². The monoisotopic (exact) mass is 145 g/mol. The highest BCUT2D eigenvalue weighted by atomic mass is 16.6. The van der Waals surface area contributed by atoms with Gasteiger partial charge in [-0.05, 0) is 12.3 Å². The number of hydrogen-bond acceptors (Lipinski definition) is 2. The van der Waals surface area contributed by atoms with Gasteiger partial charge in [0.1, 0.15) is 0 Å². The molecular formula is C8H19NO. The molecule has 0 aliphatic heterocycles. The van der Waals surface area contributed by atoms with Crippen molar-refractivity contribution in [1.29, 1.82) is 0 Å². The fourth-order valence-electron chi connectivity index (χ4n) is 0.638. The Labute approximate surface area is 63.9 Å². The minimum absolute atomic E-state index is 0.790. The number of rotatable bonds is 6. The molecule has 0 aromatic rings. The van der Waals surface area contributed by atoms with Gasteiger partial charge in [0.2, 0.25) is 0 Å². The largest absolute Gasteiger partial charge is 0.302 e. The molecule has 0 aromatic heterocycles. The van der Waals surface area contributed by atoms with E-state index in [1.54, 1.807) is 0 Å². The molecule has 0 aliphatic rings. The quantitative estimate of drug-likeness (QED) is 0.455. The summed E-state index contributed by atoms with van der Waals surface area (Å²) in [7, 11) is 0. The number of hydroxylamine groups is 1. The van der Waals surface area contributed by atoms with E-state index in [1.807, 2.05) is 6.92 Å². The van der Waals surface area contributed by atoms with E-state index < -0.39 is 0 Å². The van der Waals surface area contributed by atoms with Crippen LogP contribution in [0.2, 0.25) is 0 Å². The highest BCUT2D eigenvalue weighted by Gasteiger charge is 1.96. The van der Waals surface area contributed by atoms with Crippen molar-refractivity contribution < 1.29 is 4.84 Å². The molecule has 10 heavy (non-hydrogen) atoms. The summed E-state index contributed by atoms with van der Waals surface area (Å²) in [6.45, 7) is 8.21. The molecule has 1 unspecified atom stereocenters. The van der Waals surface area contributed by atoms with Crippen LogP contribution in [0.15, 0.2) is 0 Å². The molecule has 0 fully saturated rings. The van der Waals surface area contributed by atoms with Gasteiger partial charge < -0.3 is 4.84 Å². The summed E-state index contributed by atoms with van der Waals surface area (Å²) in [5, 5.41) is 0. The normalized spacial score (nSPS) is 13.5. The standard InChI is InChI=1S/C8H19NO/c1-4-8(3)6-7-10-9-5-2/h8-9H,4-7H2,1-3H3. The van der Waals surface area contributed by atoms with Crippen LogP contribution in [0.5, 0.6) is 0 Å². The van der Waals surface area contributed by atoms with Gasteiger partial charge in [0.25, 0.3) is 0 Å². The molecule has 0 aliphatic carbocycles. The van der Waals surface area contributed by atoms with Gasteiger partial charge >= 0.3 is 0 Å². The van der Waals surface area contributed by atoms with Crippen LogP contribution in [0.1, 0.15) is 33.6 Å². The van der Waals surface area contributed by atoms with Crippen molar-refractivity contribution in [3.05, 3.63) is 0 Å². The molecule has 0 radical (unpaired) electrons. The third-order valence-electron chi connectivity index (χ3n) is 1.66. The highest BCUT2D eigenvalue weighted by Crippen LogP contribution is 2.04. The van der Waals surface area contributed by atoms with Crippen molar-refractivity contribution in [3.8, 4) is 0 Å². The molecule has 0 aromatic carbocycles. The lowest BCUT2D eigenvalue weighted by atomic mass is 10.1. The van der Waals surface area contributed by atoms with Gasteiger partial charge in [0, 0.05) is 6.54 Å². The zero-order valence-corrected chi connectivity index (χ0v) is 7.31. The Morgan fingerprint density at radius 3 is 2.60 bits per heavy atom. The molecule has 0 spiro atoms. The predicted molar refractivity (Wildman–Crippen MR) is 43.7 cm³/mol. The number of nitrogens with one attached hydrogen (secondary N) is 1. The van der Waals surface area contributed by atoms with Crippen molar-refractivity contribution in [3.63, 3.8) is 0 Å². The maximum atomic E-state index is 5.11. The van der Waals surface area contributed by atoms with E-state index in [-0.39, 0.29) is 0 Å². The molecule has 1 atom stereocenters. The Morgan fingerprint density at radius 2 is 2.10 bits per heavy atom. The molecule has 0 saturated heterocycles. The second-order valence-corrected chi connectivity index (χ2v) is 2.65. The molecule has 62 valence electrons. The van der Waals surface area contributed by atoms with E-state index in [0.717, 1.165) is 25.5 Å². The topological polar surface area (TPSA) is 21.3 Å². The summed E-state index contributed by atoms with van der Waals surface area (Å²) < 4.78 is 0. The maximum Gasteiger partial charge on any atom is 0.0684 e. The summed E-state index contributed by atoms with van der Waals surface area (Å²) in [6, 6.07) is 0. The van der Waals surface area contributed by atoms with Gasteiger partial charge in [-0.15, -0.1) is 0 Å². The van der Waals surface area contributed by atoms with Crippen LogP contribution in [0.4, 0.5) is 0 Å². The highest BCUT2D eigenvalue weighted by molar-refractivity contribution is 4.47. The van der Waals surface area contributed by atoms with Crippen molar-refractivity contribution in [2.24, 2.45) is 5.92 Å². The first-order valence-corrected chi connectivity index (χ1v) is 4.15. The van der Waals surface area contributed by atoms with Crippen molar-refractivity contribution in [2.75, 3.05) is 13.2 Å². The fourth-order valence-corrected chi connectivity index (χ4v) is 0.638. The Kier molecular flexibility index (Phi) is 6.98. The van der Waals surface area contributed by atoms with Crippen molar-refractivity contribution >= 4 is 0 Å². The molecular weight excluding hydrogens is 126 g/mol. The van der Waals surface area contributed by atoms with E-state index in [0.29, 0.717) is 0 Å². The van der Waals surface area contributed by atoms with Crippen molar-refractivity contribution in [1.82, 2.24) is 5.48 Å². The van der Waals surface area contributed by atoms with E-state index in [2.05, 4.69) is 19.3 Å². The van der Waals surface area contributed by atoms with Gasteiger partial charge in [-0.2, -0.15) is 0 Å². The van der Waals surface area contributed by atoms with Crippen LogP contribution in [-0.2, 0) is 4.84 Å². The Bertz CT molecular complexity index is 66.3. The van der Waals surface area contributed by atoms with Gasteiger partial charge in [-0.25, -0.2) is 5.48 Å². The van der Waals surface area contributed by atoms with Crippen LogP contribution in [0.3, 0.4) is 0 Å². The van der Waals surface area contributed by atoms with Gasteiger partial charge in [-0.3, -0.25) is 0 Å². The number of hydrogen-bond donors (Lipinski definition) is 1. The molecule has 0 saturated carbocycles. The van der Waals surface area contributed by atoms with Crippen LogP contribution in [0.25, 0.3) is 0 Å². The molecule has 0 rings (SSSR count). The average Bonchev–Trinajstić information content (AvgIpc) is 1.98. The summed E-state index contributed by atoms with van der Waals surface area (Å²) in [6.07, 6.45) is 2.40. The van der Waals surface area contributed by atoms with Crippen LogP contribution in [-0.4, -0.2) is 13.2 Å². The smallest absolute Gasteiger partial charge is 0.0684 e. The second-order valence-electron chi connectivity index (χ2n) is 2.65. The maximum absolute atomic E-state index is 5.11. The summed E-state index contributed by atoms with van der Waals surface area (Å²) in [4.78, 5) is 5.11. The fraction of sp³-hybridized carbons (Fsp3) is 1.00. The summed E-state index contributed by atoms with van der Waals surface area (Å²) in [5.41, 5.74) is 2.83. The molecule has 0 heterocycles. The first-order valence-electron chi connectivity index (χ1n) is 4.15. The summed E-state index contributed by atoms with van der Waals surface area (Å²) in [5.74, 6) is 0.790. The van der Waals surface area contributed by atoms with Gasteiger partial charge in [0.05, 0.1) is 6.61 Å². The minimum Gasteiger partial charge on any atom is -0.302 e. The lowest BCUT2D eigenvalue weighted by Crippen LogP contribution is -2.15. The Balaban J connectivity index is 2.89. The van der Waals surface area contributed by atoms with Gasteiger partial charge in [0.15, 0.2) is 0 Å². The average molecular weight is 145 g/mol. The Hall–Kier alpha value is -0.0800. The zero-order valence-electron chi connectivity index (χ0n) is 7.31. The van der Waals surface area contributed by atoms with Crippen LogP contribution >= 0.6 is 0 Å². The molecule has 0 amide bonds. The van der Waals surface area contributed by atoms with E-state index in [9.17, 15) is 0 Å². The Morgan fingerprint density at radius 1 is 1.40 bits per heavy atom. The lowest BCUT2D eigenvalue weighted by Gasteiger charge is -2.07. The molecule has 1 N–H and O–H groups in total. The molecule has 2 heteroatoms. The van der Waals surface area contributed by atoms with Crippen molar-refractivity contribution in [2.45, 2.75) is 33.6 Å². The van der Waals surface area contributed by atoms with Crippen LogP contribution < -0.4 is 5.48 Å². The second kappa shape index (κ2) is 7.03. The van der Waals surface area contributed by atoms with E-state index in [1.165, 1.54) is 6.42 Å². The zero-order chi connectivity index (χ0) is 7.82. The SMILES string of the molecule is CCNOCCC(C)CC.